The van der Waals surface area contributed by atoms with Crippen LogP contribution < -0.4 is 0 Å². The first-order valence-corrected chi connectivity index (χ1v) is 11.1. The van der Waals surface area contributed by atoms with Crippen LogP contribution >= 0.6 is 23.5 Å². The van der Waals surface area contributed by atoms with E-state index in [1.165, 1.54) is 61.2 Å². The van der Waals surface area contributed by atoms with Crippen LogP contribution in [0.5, 0.6) is 0 Å². The third-order valence-electron chi connectivity index (χ3n) is 4.06. The summed E-state index contributed by atoms with van der Waals surface area (Å²) in [6.45, 7) is 2.28. The van der Waals surface area contributed by atoms with Crippen LogP contribution in [-0.4, -0.2) is 4.58 Å². The molecule has 0 fully saturated rings. The molecule has 0 aromatic heterocycles. The van der Waals surface area contributed by atoms with Crippen molar-refractivity contribution in [2.45, 2.75) is 72.7 Å². The first kappa shape index (κ1) is 19.5. The summed E-state index contributed by atoms with van der Waals surface area (Å²) in [6.07, 6.45) is 11.0. The monoisotopic (exact) mass is 358 g/mol. The lowest BCUT2D eigenvalue weighted by Gasteiger charge is -2.16. The highest BCUT2D eigenvalue weighted by molar-refractivity contribution is 8.17. The lowest BCUT2D eigenvalue weighted by atomic mass is 10.1. The fraction of sp³-hybridized carbons (Fsp3) is 0.455. The molecule has 2 aromatic rings. The fourth-order valence-corrected chi connectivity index (χ4v) is 5.38. The molecule has 0 saturated heterocycles. The minimum atomic E-state index is 0.602. The SMILES string of the molecule is CCCCCCCCCC(Sc1ccccc1)Sc1ccccc1. The van der Waals surface area contributed by atoms with Crippen molar-refractivity contribution < 1.29 is 0 Å². The highest BCUT2D eigenvalue weighted by Crippen LogP contribution is 2.38. The van der Waals surface area contributed by atoms with Gasteiger partial charge in [0.25, 0.3) is 0 Å². The van der Waals surface area contributed by atoms with Crippen LogP contribution in [0.2, 0.25) is 0 Å². The minimum absolute atomic E-state index is 0.602. The van der Waals surface area contributed by atoms with Gasteiger partial charge in [-0.25, -0.2) is 0 Å². The van der Waals surface area contributed by atoms with E-state index >= 15 is 0 Å². The topological polar surface area (TPSA) is 0 Å². The molecule has 2 rings (SSSR count). The van der Waals surface area contributed by atoms with Crippen molar-refractivity contribution in [2.24, 2.45) is 0 Å². The van der Waals surface area contributed by atoms with Gasteiger partial charge < -0.3 is 0 Å². The fourth-order valence-electron chi connectivity index (χ4n) is 2.71. The lowest BCUT2D eigenvalue weighted by Crippen LogP contribution is -1.97. The second-order valence-electron chi connectivity index (χ2n) is 6.20. The van der Waals surface area contributed by atoms with E-state index in [-0.39, 0.29) is 0 Å². The quantitative estimate of drug-likeness (QED) is 0.214. The summed E-state index contributed by atoms with van der Waals surface area (Å²) in [4.78, 5) is 2.77. The van der Waals surface area contributed by atoms with Crippen LogP contribution in [0.3, 0.4) is 0 Å². The van der Waals surface area contributed by atoms with Crippen molar-refractivity contribution in [3.8, 4) is 0 Å². The molecule has 0 amide bonds. The first-order valence-electron chi connectivity index (χ1n) is 9.32. The average molecular weight is 359 g/mol. The van der Waals surface area contributed by atoms with E-state index in [0.29, 0.717) is 4.58 Å². The summed E-state index contributed by atoms with van der Waals surface area (Å²) >= 11 is 4.04. The van der Waals surface area contributed by atoms with E-state index in [2.05, 4.69) is 67.6 Å². The van der Waals surface area contributed by atoms with Crippen LogP contribution in [0.25, 0.3) is 0 Å². The second-order valence-corrected chi connectivity index (χ2v) is 9.05. The van der Waals surface area contributed by atoms with E-state index in [1.54, 1.807) is 0 Å². The molecular formula is C22H30S2. The summed E-state index contributed by atoms with van der Waals surface area (Å²) in [5, 5.41) is 0. The van der Waals surface area contributed by atoms with Crippen LogP contribution in [0.15, 0.2) is 70.5 Å². The van der Waals surface area contributed by atoms with Crippen LogP contribution in [0, 0.1) is 0 Å². The van der Waals surface area contributed by atoms with E-state index in [1.807, 2.05) is 23.5 Å². The Morgan fingerprint density at radius 2 is 1.08 bits per heavy atom. The molecule has 0 atom stereocenters. The van der Waals surface area contributed by atoms with Gasteiger partial charge in [0.05, 0.1) is 4.58 Å². The number of rotatable bonds is 12. The highest BCUT2D eigenvalue weighted by atomic mass is 32.2. The molecule has 0 radical (unpaired) electrons. The summed E-state index contributed by atoms with van der Waals surface area (Å²) in [6, 6.07) is 21.7. The third kappa shape index (κ3) is 8.30. The van der Waals surface area contributed by atoms with Gasteiger partial charge in [-0.05, 0) is 30.7 Å². The van der Waals surface area contributed by atoms with Crippen molar-refractivity contribution in [1.82, 2.24) is 0 Å². The maximum absolute atomic E-state index is 2.28. The third-order valence-corrected chi connectivity index (χ3v) is 6.73. The van der Waals surface area contributed by atoms with Gasteiger partial charge in [-0.3, -0.25) is 0 Å². The van der Waals surface area contributed by atoms with Crippen molar-refractivity contribution in [2.75, 3.05) is 0 Å². The van der Waals surface area contributed by atoms with Crippen molar-refractivity contribution >= 4 is 23.5 Å². The largest absolute Gasteiger partial charge is 0.111 e. The molecule has 0 aliphatic carbocycles. The van der Waals surface area contributed by atoms with Gasteiger partial charge in [0, 0.05) is 9.79 Å². The van der Waals surface area contributed by atoms with Crippen molar-refractivity contribution in [3.05, 3.63) is 60.7 Å². The van der Waals surface area contributed by atoms with E-state index in [9.17, 15) is 0 Å². The van der Waals surface area contributed by atoms with Crippen molar-refractivity contribution in [3.63, 3.8) is 0 Å². The van der Waals surface area contributed by atoms with E-state index in [0.717, 1.165) is 0 Å². The van der Waals surface area contributed by atoms with E-state index < -0.39 is 0 Å². The summed E-state index contributed by atoms with van der Waals surface area (Å²) in [5.41, 5.74) is 0. The van der Waals surface area contributed by atoms with Crippen LogP contribution in [-0.2, 0) is 0 Å². The molecule has 24 heavy (non-hydrogen) atoms. The molecule has 0 N–H and O–H groups in total. The molecule has 0 aliphatic heterocycles. The maximum atomic E-state index is 2.28. The first-order chi connectivity index (χ1) is 11.9. The van der Waals surface area contributed by atoms with Crippen molar-refractivity contribution in [1.29, 1.82) is 0 Å². The molecule has 130 valence electrons. The van der Waals surface area contributed by atoms with Gasteiger partial charge in [0.1, 0.15) is 0 Å². The minimum Gasteiger partial charge on any atom is -0.111 e. The Bertz CT molecular complexity index is 483. The van der Waals surface area contributed by atoms with E-state index in [4.69, 9.17) is 0 Å². The number of hydrogen-bond donors (Lipinski definition) is 0. The molecule has 0 nitrogen and oxygen atoms in total. The Hall–Kier alpha value is -0.860. The number of unbranched alkanes of at least 4 members (excludes halogenated alkanes) is 6. The maximum Gasteiger partial charge on any atom is 0.0596 e. The summed E-state index contributed by atoms with van der Waals surface area (Å²) < 4.78 is 0.602. The molecule has 2 heteroatoms. The summed E-state index contributed by atoms with van der Waals surface area (Å²) in [7, 11) is 0. The zero-order valence-electron chi connectivity index (χ0n) is 14.8. The number of thioether (sulfide) groups is 2. The Morgan fingerprint density at radius 1 is 0.625 bits per heavy atom. The molecule has 0 heterocycles. The predicted molar refractivity (Wildman–Crippen MR) is 111 cm³/mol. The summed E-state index contributed by atoms with van der Waals surface area (Å²) in [5.74, 6) is 0. The highest BCUT2D eigenvalue weighted by Gasteiger charge is 2.12. The standard InChI is InChI=1S/C22H30S2/c1-2-3-4-5-6-7-14-19-22(23-20-15-10-8-11-16-20)24-21-17-12-9-13-18-21/h8-13,15-18,22H,2-7,14,19H2,1H3. The lowest BCUT2D eigenvalue weighted by molar-refractivity contribution is 0.584. The number of benzene rings is 2. The zero-order chi connectivity index (χ0) is 16.9. The van der Waals surface area contributed by atoms with Gasteiger partial charge in [-0.2, -0.15) is 0 Å². The molecule has 0 bridgehead atoms. The normalized spacial score (nSPS) is 11.1. The molecule has 0 spiro atoms. The van der Waals surface area contributed by atoms with Crippen LogP contribution in [0.1, 0.15) is 58.3 Å². The molecule has 0 saturated carbocycles. The van der Waals surface area contributed by atoms with Crippen LogP contribution in [0.4, 0.5) is 0 Å². The van der Waals surface area contributed by atoms with Gasteiger partial charge in [-0.1, -0.05) is 88.3 Å². The molecule has 0 aliphatic rings. The Labute approximate surface area is 156 Å². The Balaban J connectivity index is 1.79. The predicted octanol–water partition coefficient (Wildman–Crippen LogP) is 8.04. The van der Waals surface area contributed by atoms with Gasteiger partial charge >= 0.3 is 0 Å². The smallest absolute Gasteiger partial charge is 0.0596 e. The zero-order valence-corrected chi connectivity index (χ0v) is 16.5. The number of hydrogen-bond acceptors (Lipinski definition) is 2. The molecule has 0 unspecified atom stereocenters. The van der Waals surface area contributed by atoms with Gasteiger partial charge in [-0.15, -0.1) is 23.5 Å². The average Bonchev–Trinajstić information content (AvgIpc) is 2.62. The molecule has 2 aromatic carbocycles. The molecular weight excluding hydrogens is 328 g/mol. The Kier molecular flexibility index (Phi) is 10.1. The second kappa shape index (κ2) is 12.5. The Morgan fingerprint density at radius 3 is 1.58 bits per heavy atom. The van der Waals surface area contributed by atoms with Gasteiger partial charge in [0.2, 0.25) is 0 Å². The van der Waals surface area contributed by atoms with Gasteiger partial charge in [0.15, 0.2) is 0 Å².